The van der Waals surface area contributed by atoms with Crippen molar-refractivity contribution in [2.24, 2.45) is 17.3 Å². The number of fused-ring (bicyclic) bond motifs is 5. The summed E-state index contributed by atoms with van der Waals surface area (Å²) in [4.78, 5) is 24.2. The van der Waals surface area contributed by atoms with E-state index in [0.717, 1.165) is 25.7 Å². The van der Waals surface area contributed by atoms with Crippen molar-refractivity contribution in [3.8, 4) is 5.75 Å². The van der Waals surface area contributed by atoms with Gasteiger partial charge in [0.15, 0.2) is 0 Å². The van der Waals surface area contributed by atoms with E-state index in [1.807, 2.05) is 19.1 Å². The summed E-state index contributed by atoms with van der Waals surface area (Å²) < 4.78 is 0. The Balaban J connectivity index is 1.73. The summed E-state index contributed by atoms with van der Waals surface area (Å²) >= 11 is 0. The third-order valence-electron chi connectivity index (χ3n) is 6.28. The molecule has 2 aliphatic carbocycles. The summed E-state index contributed by atoms with van der Waals surface area (Å²) in [6, 6.07) is 5.67. The molecular weight excluding hydrogens is 278 g/mol. The highest BCUT2D eigenvalue weighted by Crippen LogP contribution is 2.56. The lowest BCUT2D eigenvalue weighted by Gasteiger charge is -2.52. The smallest absolute Gasteiger partial charge is 0.232 e. The Labute approximate surface area is 129 Å². The molecule has 0 radical (unpaired) electrons. The first kappa shape index (κ1) is 13.8. The van der Waals surface area contributed by atoms with E-state index in [0.29, 0.717) is 24.0 Å². The van der Waals surface area contributed by atoms with Gasteiger partial charge < -0.3 is 5.11 Å². The standard InChI is InChI=1S/C18H21NO3/c1-18-7-6-13-12-5-3-11(20)8-10(12)2-4-14(13)15(18)9-16(21)19-17(18)22/h3,5,8,13-15,20H,2,4,6-7,9H2,1H3,(H,19,21,22)/t13?,14-,15?,18+/m1/s1. The lowest BCUT2D eigenvalue weighted by atomic mass is 9.52. The largest absolute Gasteiger partial charge is 0.508 e. The molecule has 4 heteroatoms. The normalized spacial score (nSPS) is 36.9. The molecule has 4 rings (SSSR count). The predicted octanol–water partition coefficient (Wildman–Crippen LogP) is 2.50. The van der Waals surface area contributed by atoms with Crippen molar-refractivity contribution in [2.45, 2.75) is 44.9 Å². The van der Waals surface area contributed by atoms with Gasteiger partial charge >= 0.3 is 0 Å². The molecule has 1 aliphatic heterocycles. The van der Waals surface area contributed by atoms with Gasteiger partial charge in [0, 0.05) is 6.42 Å². The van der Waals surface area contributed by atoms with E-state index in [-0.39, 0.29) is 17.7 Å². The van der Waals surface area contributed by atoms with Gasteiger partial charge in [0.25, 0.3) is 0 Å². The number of aryl methyl sites for hydroxylation is 1. The second-order valence-electron chi connectivity index (χ2n) is 7.34. The minimum Gasteiger partial charge on any atom is -0.508 e. The third-order valence-corrected chi connectivity index (χ3v) is 6.28. The number of carbonyl (C=O) groups excluding carboxylic acids is 2. The Morgan fingerprint density at radius 1 is 1.27 bits per heavy atom. The van der Waals surface area contributed by atoms with E-state index >= 15 is 0 Å². The van der Waals surface area contributed by atoms with E-state index in [1.54, 1.807) is 6.07 Å². The fourth-order valence-corrected chi connectivity index (χ4v) is 5.07. The van der Waals surface area contributed by atoms with Gasteiger partial charge in [-0.15, -0.1) is 0 Å². The van der Waals surface area contributed by atoms with Crippen LogP contribution in [0.2, 0.25) is 0 Å². The van der Waals surface area contributed by atoms with Crippen LogP contribution in [0.15, 0.2) is 18.2 Å². The summed E-state index contributed by atoms with van der Waals surface area (Å²) in [7, 11) is 0. The molecule has 4 atom stereocenters. The van der Waals surface area contributed by atoms with Crippen molar-refractivity contribution >= 4 is 11.8 Å². The molecule has 2 N–H and O–H groups in total. The maximum Gasteiger partial charge on any atom is 0.232 e. The van der Waals surface area contributed by atoms with Gasteiger partial charge in [-0.1, -0.05) is 13.0 Å². The zero-order valence-corrected chi connectivity index (χ0v) is 12.8. The molecule has 1 saturated heterocycles. The molecule has 0 aromatic heterocycles. The number of phenols is 1. The molecule has 4 nitrogen and oxygen atoms in total. The molecule has 1 heterocycles. The molecule has 1 aromatic rings. The SMILES string of the molecule is C[C@]12CCC3c4ccc(O)cc4CC[C@H]3C1CC(=O)NC2=O. The molecule has 2 amide bonds. The first-order chi connectivity index (χ1) is 10.5. The number of carbonyl (C=O) groups is 2. The van der Waals surface area contributed by atoms with Crippen LogP contribution in [0.4, 0.5) is 0 Å². The topological polar surface area (TPSA) is 66.4 Å². The first-order valence-electron chi connectivity index (χ1n) is 8.15. The van der Waals surface area contributed by atoms with Gasteiger partial charge in [-0.3, -0.25) is 14.9 Å². The molecular formula is C18H21NO3. The van der Waals surface area contributed by atoms with Crippen LogP contribution in [0.25, 0.3) is 0 Å². The Morgan fingerprint density at radius 3 is 2.91 bits per heavy atom. The van der Waals surface area contributed by atoms with Crippen LogP contribution in [0.3, 0.4) is 0 Å². The summed E-state index contributed by atoms with van der Waals surface area (Å²) in [6.07, 6.45) is 4.21. The van der Waals surface area contributed by atoms with Crippen LogP contribution in [-0.2, 0) is 16.0 Å². The number of nitrogens with one attached hydrogen (secondary N) is 1. The quantitative estimate of drug-likeness (QED) is 0.723. The summed E-state index contributed by atoms with van der Waals surface area (Å²) in [6.45, 7) is 2.03. The van der Waals surface area contributed by atoms with Crippen molar-refractivity contribution in [1.29, 1.82) is 0 Å². The highest BCUT2D eigenvalue weighted by molar-refractivity contribution is 6.01. The Bertz CT molecular complexity index is 668. The number of imide groups is 1. The Hall–Kier alpha value is -1.84. The van der Waals surface area contributed by atoms with E-state index < -0.39 is 5.41 Å². The maximum atomic E-state index is 12.4. The minimum absolute atomic E-state index is 0.0799. The summed E-state index contributed by atoms with van der Waals surface area (Å²) in [5, 5.41) is 12.2. The molecule has 1 aromatic carbocycles. The number of aromatic hydroxyl groups is 1. The van der Waals surface area contributed by atoms with Crippen molar-refractivity contribution < 1.29 is 14.7 Å². The van der Waals surface area contributed by atoms with Gasteiger partial charge in [-0.25, -0.2) is 0 Å². The van der Waals surface area contributed by atoms with Crippen molar-refractivity contribution in [2.75, 3.05) is 0 Å². The van der Waals surface area contributed by atoms with Gasteiger partial charge in [0.2, 0.25) is 11.8 Å². The van der Waals surface area contributed by atoms with E-state index in [2.05, 4.69) is 5.32 Å². The molecule has 0 bridgehead atoms. The predicted molar refractivity (Wildman–Crippen MR) is 81.3 cm³/mol. The van der Waals surface area contributed by atoms with Crippen LogP contribution in [0.5, 0.6) is 5.75 Å². The molecule has 3 aliphatic rings. The molecule has 0 spiro atoms. The third kappa shape index (κ3) is 1.82. The van der Waals surface area contributed by atoms with E-state index in [9.17, 15) is 14.7 Å². The van der Waals surface area contributed by atoms with Crippen LogP contribution >= 0.6 is 0 Å². The molecule has 2 unspecified atom stereocenters. The molecule has 2 fully saturated rings. The Kier molecular flexibility index (Phi) is 2.87. The second-order valence-corrected chi connectivity index (χ2v) is 7.34. The minimum atomic E-state index is -0.399. The zero-order chi connectivity index (χ0) is 15.5. The van der Waals surface area contributed by atoms with Gasteiger partial charge in [-0.2, -0.15) is 0 Å². The lowest BCUT2D eigenvalue weighted by molar-refractivity contribution is -0.151. The molecule has 1 saturated carbocycles. The number of amides is 2. The van der Waals surface area contributed by atoms with Crippen molar-refractivity contribution in [3.63, 3.8) is 0 Å². The monoisotopic (exact) mass is 299 g/mol. The van der Waals surface area contributed by atoms with Crippen LogP contribution in [0.1, 0.15) is 49.7 Å². The Morgan fingerprint density at radius 2 is 2.09 bits per heavy atom. The number of hydrogen-bond acceptors (Lipinski definition) is 3. The fraction of sp³-hybridized carbons (Fsp3) is 0.556. The van der Waals surface area contributed by atoms with Gasteiger partial charge in [0.05, 0.1) is 5.41 Å². The first-order valence-corrected chi connectivity index (χ1v) is 8.15. The zero-order valence-electron chi connectivity index (χ0n) is 12.8. The number of phenolic OH excluding ortho intramolecular Hbond substituents is 1. The summed E-state index contributed by atoms with van der Waals surface area (Å²) in [5.41, 5.74) is 2.15. The lowest BCUT2D eigenvalue weighted by Crippen LogP contribution is -2.57. The van der Waals surface area contributed by atoms with E-state index in [4.69, 9.17) is 0 Å². The maximum absolute atomic E-state index is 12.4. The van der Waals surface area contributed by atoms with Crippen molar-refractivity contribution in [3.05, 3.63) is 29.3 Å². The van der Waals surface area contributed by atoms with Crippen LogP contribution in [0, 0.1) is 17.3 Å². The number of benzene rings is 1. The highest BCUT2D eigenvalue weighted by Gasteiger charge is 2.54. The molecule has 22 heavy (non-hydrogen) atoms. The van der Waals surface area contributed by atoms with Crippen LogP contribution < -0.4 is 5.32 Å². The average molecular weight is 299 g/mol. The molecule has 116 valence electrons. The van der Waals surface area contributed by atoms with Crippen LogP contribution in [-0.4, -0.2) is 16.9 Å². The highest BCUT2D eigenvalue weighted by atomic mass is 16.3. The fourth-order valence-electron chi connectivity index (χ4n) is 5.07. The second kappa shape index (κ2) is 4.58. The number of hydrogen-bond donors (Lipinski definition) is 2. The average Bonchev–Trinajstić information content (AvgIpc) is 2.48. The van der Waals surface area contributed by atoms with Gasteiger partial charge in [0.1, 0.15) is 5.75 Å². The number of piperidine rings is 1. The van der Waals surface area contributed by atoms with Crippen molar-refractivity contribution in [1.82, 2.24) is 5.32 Å². The summed E-state index contributed by atoms with van der Waals surface area (Å²) in [5.74, 6) is 1.08. The van der Waals surface area contributed by atoms with Gasteiger partial charge in [-0.05, 0) is 66.7 Å². The number of rotatable bonds is 0. The van der Waals surface area contributed by atoms with E-state index in [1.165, 1.54) is 11.1 Å².